The molecular formula is C21H15NO5. The van der Waals surface area contributed by atoms with Crippen LogP contribution in [0.1, 0.15) is 28.2 Å². The van der Waals surface area contributed by atoms with Crippen LogP contribution in [0.15, 0.2) is 60.7 Å². The Kier molecular flexibility index (Phi) is 3.88. The predicted molar refractivity (Wildman–Crippen MR) is 99.3 cm³/mol. The molecule has 3 aromatic carbocycles. The van der Waals surface area contributed by atoms with Crippen molar-refractivity contribution in [1.29, 1.82) is 0 Å². The van der Waals surface area contributed by atoms with Crippen LogP contribution in [-0.2, 0) is 0 Å². The van der Waals surface area contributed by atoms with Gasteiger partial charge >= 0.3 is 6.16 Å². The van der Waals surface area contributed by atoms with Gasteiger partial charge in [-0.05, 0) is 35.2 Å². The molecule has 6 nitrogen and oxygen atoms in total. The van der Waals surface area contributed by atoms with Crippen LogP contribution in [0.2, 0.25) is 0 Å². The zero-order valence-electron chi connectivity index (χ0n) is 14.4. The monoisotopic (exact) mass is 361 g/mol. The summed E-state index contributed by atoms with van der Waals surface area (Å²) in [6.45, 7) is 1.66. The Morgan fingerprint density at radius 2 is 1.56 bits per heavy atom. The zero-order chi connectivity index (χ0) is 19.1. The maximum absolute atomic E-state index is 11.7. The number of carbonyl (C=O) groups is 1. The van der Waals surface area contributed by atoms with Crippen LogP contribution < -0.4 is 4.74 Å². The average Bonchev–Trinajstić information content (AvgIpc) is 2.97. The first-order chi connectivity index (χ1) is 13.0. The van der Waals surface area contributed by atoms with Gasteiger partial charge in [-0.15, -0.1) is 0 Å². The second-order valence-electron chi connectivity index (χ2n) is 6.35. The Balaban J connectivity index is 2.03. The molecule has 27 heavy (non-hydrogen) atoms. The normalized spacial score (nSPS) is 12.3. The topological polar surface area (TPSA) is 89.7 Å². The molecule has 4 rings (SSSR count). The number of carboxylic acid groups (broad SMARTS) is 1. The van der Waals surface area contributed by atoms with E-state index >= 15 is 0 Å². The maximum atomic E-state index is 11.7. The molecule has 134 valence electrons. The van der Waals surface area contributed by atoms with E-state index in [9.17, 15) is 14.9 Å². The Bertz CT molecular complexity index is 1040. The van der Waals surface area contributed by atoms with Crippen molar-refractivity contribution < 1.29 is 19.6 Å². The van der Waals surface area contributed by atoms with Crippen LogP contribution in [0.25, 0.3) is 11.1 Å². The van der Waals surface area contributed by atoms with E-state index in [0.29, 0.717) is 11.1 Å². The van der Waals surface area contributed by atoms with Crippen LogP contribution >= 0.6 is 0 Å². The van der Waals surface area contributed by atoms with Crippen molar-refractivity contribution in [3.63, 3.8) is 0 Å². The van der Waals surface area contributed by atoms with Crippen molar-refractivity contribution in [2.24, 2.45) is 0 Å². The van der Waals surface area contributed by atoms with Gasteiger partial charge in [-0.2, -0.15) is 0 Å². The summed E-state index contributed by atoms with van der Waals surface area (Å²) in [4.78, 5) is 22.3. The SMILES string of the molecule is Cc1c(OC(=O)O)ccc([N+](=O)[O-])c1C1c2ccccc2-c2ccccc21. The van der Waals surface area contributed by atoms with E-state index in [-0.39, 0.29) is 17.4 Å². The summed E-state index contributed by atoms with van der Waals surface area (Å²) in [6.07, 6.45) is -1.45. The first-order valence-electron chi connectivity index (χ1n) is 8.36. The van der Waals surface area contributed by atoms with E-state index < -0.39 is 11.1 Å². The number of hydrogen-bond acceptors (Lipinski definition) is 4. The highest BCUT2D eigenvalue weighted by molar-refractivity contribution is 5.82. The number of hydrogen-bond donors (Lipinski definition) is 1. The van der Waals surface area contributed by atoms with Crippen LogP contribution in [0.3, 0.4) is 0 Å². The van der Waals surface area contributed by atoms with Crippen molar-refractivity contribution in [3.05, 3.63) is 93.0 Å². The standard InChI is InChI=1S/C21H15NO5/c1-12-18(27-21(23)24)11-10-17(22(25)26)19(12)20-15-8-4-2-6-13(15)14-7-3-5-9-16(14)20/h2-11,20H,1H3,(H,23,24). The fourth-order valence-corrected chi connectivity index (χ4v) is 3.89. The van der Waals surface area contributed by atoms with Crippen molar-refractivity contribution in [1.82, 2.24) is 0 Å². The van der Waals surface area contributed by atoms with E-state index in [0.717, 1.165) is 22.3 Å². The fourth-order valence-electron chi connectivity index (χ4n) is 3.89. The summed E-state index contributed by atoms with van der Waals surface area (Å²) in [7, 11) is 0. The third kappa shape index (κ3) is 2.62. The van der Waals surface area contributed by atoms with Crippen LogP contribution in [0.5, 0.6) is 5.75 Å². The second-order valence-corrected chi connectivity index (χ2v) is 6.35. The fraction of sp³-hybridized carbons (Fsp3) is 0.0952. The highest BCUT2D eigenvalue weighted by atomic mass is 16.7. The van der Waals surface area contributed by atoms with Gasteiger partial charge in [-0.3, -0.25) is 10.1 Å². The number of ether oxygens (including phenoxy) is 1. The molecule has 0 radical (unpaired) electrons. The summed E-state index contributed by atoms with van der Waals surface area (Å²) in [5, 5.41) is 20.7. The highest BCUT2D eigenvalue weighted by Gasteiger charge is 2.35. The van der Waals surface area contributed by atoms with Gasteiger partial charge in [0.05, 0.1) is 4.92 Å². The minimum atomic E-state index is -1.45. The third-order valence-corrected chi connectivity index (χ3v) is 4.96. The lowest BCUT2D eigenvalue weighted by Gasteiger charge is -2.18. The Morgan fingerprint density at radius 1 is 1.00 bits per heavy atom. The molecule has 0 aliphatic heterocycles. The van der Waals surface area contributed by atoms with Gasteiger partial charge in [0.15, 0.2) is 0 Å². The number of nitrogens with zero attached hydrogens (tertiary/aromatic N) is 1. The second kappa shape index (κ2) is 6.25. The van der Waals surface area contributed by atoms with Crippen LogP contribution in [0, 0.1) is 17.0 Å². The summed E-state index contributed by atoms with van der Waals surface area (Å²) in [5.41, 5.74) is 4.81. The molecule has 0 atom stereocenters. The first-order valence-corrected chi connectivity index (χ1v) is 8.36. The molecule has 6 heteroatoms. The molecule has 0 aromatic heterocycles. The van der Waals surface area contributed by atoms with Crippen molar-refractivity contribution >= 4 is 11.8 Å². The summed E-state index contributed by atoms with van der Waals surface area (Å²) in [6, 6.07) is 18.2. The average molecular weight is 361 g/mol. The van der Waals surface area contributed by atoms with E-state index in [2.05, 4.69) is 0 Å². The smallest absolute Gasteiger partial charge is 0.449 e. The molecule has 1 N–H and O–H groups in total. The molecule has 3 aromatic rings. The minimum absolute atomic E-state index is 0.0539. The number of benzene rings is 3. The summed E-state index contributed by atoms with van der Waals surface area (Å²) in [5.74, 6) is -0.264. The number of nitro groups is 1. The minimum Gasteiger partial charge on any atom is -0.449 e. The van der Waals surface area contributed by atoms with Crippen molar-refractivity contribution in [2.45, 2.75) is 12.8 Å². The predicted octanol–water partition coefficient (Wildman–Crippen LogP) is 5.12. The maximum Gasteiger partial charge on any atom is 0.511 e. The zero-order valence-corrected chi connectivity index (χ0v) is 14.4. The third-order valence-electron chi connectivity index (χ3n) is 4.96. The van der Waals surface area contributed by atoms with E-state index in [1.165, 1.54) is 12.1 Å². The molecule has 0 bridgehead atoms. The lowest BCUT2D eigenvalue weighted by Crippen LogP contribution is -2.10. The molecule has 0 unspecified atom stereocenters. The van der Waals surface area contributed by atoms with Gasteiger partial charge in [0.1, 0.15) is 5.75 Å². The van der Waals surface area contributed by atoms with Gasteiger partial charge in [0, 0.05) is 23.1 Å². The molecule has 0 heterocycles. The van der Waals surface area contributed by atoms with E-state index in [1.807, 2.05) is 48.5 Å². The Morgan fingerprint density at radius 3 is 2.07 bits per heavy atom. The lowest BCUT2D eigenvalue weighted by molar-refractivity contribution is -0.385. The van der Waals surface area contributed by atoms with Gasteiger partial charge in [-0.25, -0.2) is 4.79 Å². The Hall–Kier alpha value is -3.67. The molecular weight excluding hydrogens is 346 g/mol. The van der Waals surface area contributed by atoms with E-state index in [1.54, 1.807) is 6.92 Å². The molecule has 1 aliphatic carbocycles. The molecule has 1 aliphatic rings. The molecule has 0 amide bonds. The molecule has 0 saturated heterocycles. The van der Waals surface area contributed by atoms with Gasteiger partial charge in [0.25, 0.3) is 5.69 Å². The molecule has 0 spiro atoms. The van der Waals surface area contributed by atoms with Crippen LogP contribution in [0.4, 0.5) is 10.5 Å². The van der Waals surface area contributed by atoms with Gasteiger partial charge in [0.2, 0.25) is 0 Å². The Labute approximate surface area is 154 Å². The number of fused-ring (bicyclic) bond motifs is 3. The van der Waals surface area contributed by atoms with Gasteiger partial charge < -0.3 is 9.84 Å². The molecule has 0 fully saturated rings. The largest absolute Gasteiger partial charge is 0.511 e. The van der Waals surface area contributed by atoms with E-state index in [4.69, 9.17) is 9.84 Å². The quantitative estimate of drug-likeness (QED) is 0.237. The number of nitro benzene ring substituents is 1. The lowest BCUT2D eigenvalue weighted by atomic mass is 9.85. The first kappa shape index (κ1) is 16.8. The molecule has 0 saturated carbocycles. The number of rotatable bonds is 3. The highest BCUT2D eigenvalue weighted by Crippen LogP contribution is 2.51. The summed E-state index contributed by atoms with van der Waals surface area (Å²) >= 11 is 0. The summed E-state index contributed by atoms with van der Waals surface area (Å²) < 4.78 is 4.85. The van der Waals surface area contributed by atoms with Crippen molar-refractivity contribution in [3.8, 4) is 16.9 Å². The van der Waals surface area contributed by atoms with Crippen LogP contribution in [-0.4, -0.2) is 16.2 Å². The van der Waals surface area contributed by atoms with Crippen molar-refractivity contribution in [2.75, 3.05) is 0 Å². The van der Waals surface area contributed by atoms with Gasteiger partial charge in [-0.1, -0.05) is 48.5 Å².